The molecule has 0 aliphatic carbocycles. The van der Waals surface area contributed by atoms with Gasteiger partial charge < -0.3 is 9.13 Å². The Hall–Kier alpha value is -2.03. The molecular weight excluding hydrogens is 210 g/mol. The highest BCUT2D eigenvalue weighted by atomic mass is 15.1. The monoisotopic (exact) mass is 225 g/mol. The van der Waals surface area contributed by atoms with Gasteiger partial charge in [-0.3, -0.25) is 0 Å². The first-order chi connectivity index (χ1) is 8.38. The third-order valence-corrected chi connectivity index (χ3v) is 3.15. The van der Waals surface area contributed by atoms with E-state index in [0.29, 0.717) is 0 Å². The quantitative estimate of drug-likeness (QED) is 0.672. The molecule has 0 saturated heterocycles. The van der Waals surface area contributed by atoms with Crippen molar-refractivity contribution in [2.45, 2.75) is 20.0 Å². The van der Waals surface area contributed by atoms with E-state index in [1.165, 1.54) is 16.6 Å². The molecule has 0 aliphatic rings. The Balaban J connectivity index is 2.00. The Kier molecular flexibility index (Phi) is 2.44. The fraction of sp³-hybridized carbons (Fsp3) is 0.214. The molecule has 3 aromatic rings. The third kappa shape index (κ3) is 1.73. The molecule has 0 atom stereocenters. The first-order valence-corrected chi connectivity index (χ1v) is 5.91. The maximum atomic E-state index is 4.20. The average molecular weight is 225 g/mol. The molecule has 0 saturated carbocycles. The van der Waals surface area contributed by atoms with Gasteiger partial charge in [0, 0.05) is 24.5 Å². The van der Waals surface area contributed by atoms with Crippen molar-refractivity contribution in [3.05, 3.63) is 54.7 Å². The number of hydrogen-bond acceptors (Lipinski definition) is 1. The van der Waals surface area contributed by atoms with Crippen molar-refractivity contribution in [1.29, 1.82) is 0 Å². The largest absolute Gasteiger partial charge is 0.341 e. The molecule has 2 aromatic heterocycles. The Morgan fingerprint density at radius 1 is 1.12 bits per heavy atom. The van der Waals surface area contributed by atoms with E-state index in [4.69, 9.17) is 0 Å². The molecule has 3 rings (SSSR count). The first kappa shape index (κ1) is 10.1. The molecule has 17 heavy (non-hydrogen) atoms. The number of hydrogen-bond donors (Lipinski definition) is 0. The van der Waals surface area contributed by atoms with Crippen molar-refractivity contribution >= 4 is 10.9 Å². The fourth-order valence-corrected chi connectivity index (χ4v) is 2.22. The molecule has 0 amide bonds. The van der Waals surface area contributed by atoms with Crippen molar-refractivity contribution in [2.75, 3.05) is 0 Å². The number of nitrogens with zero attached hydrogens (tertiary/aromatic N) is 3. The molecule has 1 aromatic carbocycles. The van der Waals surface area contributed by atoms with E-state index in [2.05, 4.69) is 57.6 Å². The van der Waals surface area contributed by atoms with Crippen LogP contribution in [0.25, 0.3) is 10.9 Å². The summed E-state index contributed by atoms with van der Waals surface area (Å²) in [5.74, 6) is 0. The van der Waals surface area contributed by atoms with Gasteiger partial charge in [-0.15, -0.1) is 0 Å². The predicted molar refractivity (Wildman–Crippen MR) is 68.9 cm³/mol. The molecule has 0 unspecified atom stereocenters. The van der Waals surface area contributed by atoms with Crippen LogP contribution in [-0.4, -0.2) is 14.1 Å². The summed E-state index contributed by atoms with van der Waals surface area (Å²) in [5, 5.41) is 1.29. The summed E-state index contributed by atoms with van der Waals surface area (Å²) in [4.78, 5) is 4.20. The lowest BCUT2D eigenvalue weighted by Gasteiger charge is -2.07. The summed E-state index contributed by atoms with van der Waals surface area (Å²) < 4.78 is 4.44. The smallest absolute Gasteiger partial charge is 0.0948 e. The maximum absolute atomic E-state index is 4.20. The standard InChI is InChI=1S/C14H15N3/c1-2-16-11-15-9-13(16)10-17-8-7-12-5-3-4-6-14(12)17/h3-9,11H,2,10H2,1H3. The Morgan fingerprint density at radius 3 is 2.88 bits per heavy atom. The van der Waals surface area contributed by atoms with Crippen LogP contribution in [-0.2, 0) is 13.1 Å². The molecule has 3 nitrogen and oxygen atoms in total. The van der Waals surface area contributed by atoms with E-state index >= 15 is 0 Å². The number of para-hydroxylation sites is 1. The van der Waals surface area contributed by atoms with Crippen LogP contribution in [0.2, 0.25) is 0 Å². The van der Waals surface area contributed by atoms with E-state index in [1.54, 1.807) is 0 Å². The number of fused-ring (bicyclic) bond motifs is 1. The Labute approximate surface area is 100 Å². The van der Waals surface area contributed by atoms with Gasteiger partial charge in [-0.1, -0.05) is 18.2 Å². The highest BCUT2D eigenvalue weighted by Crippen LogP contribution is 2.16. The van der Waals surface area contributed by atoms with Crippen molar-refractivity contribution in [2.24, 2.45) is 0 Å². The van der Waals surface area contributed by atoms with E-state index in [-0.39, 0.29) is 0 Å². The third-order valence-electron chi connectivity index (χ3n) is 3.15. The number of benzene rings is 1. The highest BCUT2D eigenvalue weighted by Gasteiger charge is 2.04. The summed E-state index contributed by atoms with van der Waals surface area (Å²) in [6.07, 6.45) is 5.97. The predicted octanol–water partition coefficient (Wildman–Crippen LogP) is 2.91. The van der Waals surface area contributed by atoms with Gasteiger partial charge in [0.1, 0.15) is 0 Å². The van der Waals surface area contributed by atoms with Gasteiger partial charge >= 0.3 is 0 Å². The Bertz CT molecular complexity index is 634. The minimum atomic E-state index is 0.876. The van der Waals surface area contributed by atoms with Crippen LogP contribution in [0.15, 0.2) is 49.1 Å². The van der Waals surface area contributed by atoms with Gasteiger partial charge in [-0.05, 0) is 24.4 Å². The van der Waals surface area contributed by atoms with E-state index in [1.807, 2.05) is 12.5 Å². The molecule has 0 fully saturated rings. The van der Waals surface area contributed by atoms with Gasteiger partial charge in [-0.25, -0.2) is 4.98 Å². The zero-order valence-electron chi connectivity index (χ0n) is 9.87. The summed E-state index contributed by atoms with van der Waals surface area (Å²) >= 11 is 0. The lowest BCUT2D eigenvalue weighted by Crippen LogP contribution is -2.04. The van der Waals surface area contributed by atoms with Crippen LogP contribution in [0.4, 0.5) is 0 Å². The van der Waals surface area contributed by atoms with Crippen molar-refractivity contribution in [1.82, 2.24) is 14.1 Å². The van der Waals surface area contributed by atoms with Gasteiger partial charge in [-0.2, -0.15) is 0 Å². The van der Waals surface area contributed by atoms with Crippen molar-refractivity contribution in [3.63, 3.8) is 0 Å². The number of rotatable bonds is 3. The molecule has 86 valence electrons. The molecule has 0 radical (unpaired) electrons. The summed E-state index contributed by atoms with van der Waals surface area (Å²) in [6.45, 7) is 3.98. The second-order valence-electron chi connectivity index (χ2n) is 4.17. The van der Waals surface area contributed by atoms with Crippen LogP contribution in [0.5, 0.6) is 0 Å². The molecular formula is C14H15N3. The molecule has 0 N–H and O–H groups in total. The average Bonchev–Trinajstić information content (AvgIpc) is 2.97. The molecule has 0 spiro atoms. The van der Waals surface area contributed by atoms with Gasteiger partial charge in [0.25, 0.3) is 0 Å². The zero-order chi connectivity index (χ0) is 11.7. The highest BCUT2D eigenvalue weighted by molar-refractivity contribution is 5.79. The first-order valence-electron chi connectivity index (χ1n) is 5.91. The van der Waals surface area contributed by atoms with Crippen LogP contribution in [0, 0.1) is 0 Å². The second-order valence-corrected chi connectivity index (χ2v) is 4.17. The zero-order valence-corrected chi connectivity index (χ0v) is 9.87. The SMILES string of the molecule is CCn1cncc1Cn1ccc2ccccc21. The lowest BCUT2D eigenvalue weighted by atomic mass is 10.2. The second kappa shape index (κ2) is 4.09. The normalized spacial score (nSPS) is 11.1. The molecule has 0 aliphatic heterocycles. The maximum Gasteiger partial charge on any atom is 0.0948 e. The van der Waals surface area contributed by atoms with E-state index in [0.717, 1.165) is 13.1 Å². The van der Waals surface area contributed by atoms with E-state index < -0.39 is 0 Å². The summed E-state index contributed by atoms with van der Waals surface area (Å²) in [7, 11) is 0. The van der Waals surface area contributed by atoms with Crippen molar-refractivity contribution < 1.29 is 0 Å². The van der Waals surface area contributed by atoms with Crippen LogP contribution < -0.4 is 0 Å². The molecule has 3 heteroatoms. The fourth-order valence-electron chi connectivity index (χ4n) is 2.22. The summed E-state index contributed by atoms with van der Waals surface area (Å²) in [5.41, 5.74) is 2.52. The van der Waals surface area contributed by atoms with Gasteiger partial charge in [0.15, 0.2) is 0 Å². The van der Waals surface area contributed by atoms with E-state index in [9.17, 15) is 0 Å². The topological polar surface area (TPSA) is 22.8 Å². The van der Waals surface area contributed by atoms with Gasteiger partial charge in [0.05, 0.1) is 18.6 Å². The van der Waals surface area contributed by atoms with Crippen LogP contribution in [0.3, 0.4) is 0 Å². The van der Waals surface area contributed by atoms with Crippen LogP contribution >= 0.6 is 0 Å². The van der Waals surface area contributed by atoms with Crippen LogP contribution in [0.1, 0.15) is 12.6 Å². The molecule has 2 heterocycles. The molecule has 0 bridgehead atoms. The van der Waals surface area contributed by atoms with Crippen molar-refractivity contribution in [3.8, 4) is 0 Å². The number of aromatic nitrogens is 3. The van der Waals surface area contributed by atoms with Gasteiger partial charge in [0.2, 0.25) is 0 Å². The summed E-state index contributed by atoms with van der Waals surface area (Å²) in [6, 6.07) is 10.6. The minimum Gasteiger partial charge on any atom is -0.341 e. The number of imidazole rings is 1. The number of aryl methyl sites for hydroxylation is 1. The lowest BCUT2D eigenvalue weighted by molar-refractivity contribution is 0.679. The minimum absolute atomic E-state index is 0.876. The Morgan fingerprint density at radius 2 is 2.00 bits per heavy atom.